The largest absolute Gasteiger partial charge is 0.493 e. The molecule has 1 aliphatic rings. The van der Waals surface area contributed by atoms with Gasteiger partial charge in [-0.1, -0.05) is 12.1 Å². The highest BCUT2D eigenvalue weighted by Crippen LogP contribution is 2.44. The van der Waals surface area contributed by atoms with E-state index in [0.29, 0.717) is 23.6 Å². The Morgan fingerprint density at radius 3 is 2.62 bits per heavy atom. The third kappa shape index (κ3) is 2.53. The van der Waals surface area contributed by atoms with Crippen LogP contribution in [0.2, 0.25) is 0 Å². The summed E-state index contributed by atoms with van der Waals surface area (Å²) in [6.45, 7) is 2.29. The summed E-state index contributed by atoms with van der Waals surface area (Å²) in [5, 5.41) is 9.42. The third-order valence-electron chi connectivity index (χ3n) is 3.84. The first-order valence-electron chi connectivity index (χ1n) is 6.78. The average molecular weight is 293 g/mol. The lowest BCUT2D eigenvalue weighted by Crippen LogP contribution is -2.30. The van der Waals surface area contributed by atoms with Crippen molar-refractivity contribution in [1.29, 1.82) is 0 Å². The maximum absolute atomic E-state index is 12.0. The fourth-order valence-electron chi connectivity index (χ4n) is 2.91. The van der Waals surface area contributed by atoms with Gasteiger partial charge in [0.15, 0.2) is 11.5 Å². The van der Waals surface area contributed by atoms with Crippen LogP contribution >= 0.6 is 0 Å². The van der Waals surface area contributed by atoms with Gasteiger partial charge in [0, 0.05) is 18.5 Å². The van der Waals surface area contributed by atoms with Crippen LogP contribution in [0.25, 0.3) is 0 Å². The first-order valence-corrected chi connectivity index (χ1v) is 6.78. The summed E-state index contributed by atoms with van der Waals surface area (Å²) in [5.41, 5.74) is 0.664. The molecule has 1 aromatic rings. The molecule has 6 nitrogen and oxygen atoms in total. The molecule has 1 amide bonds. The Bertz CT molecular complexity index is 557. The molecular formula is C15H19NO5. The number of hydrogen-bond donors (Lipinski definition) is 1. The number of carbonyl (C=O) groups is 2. The van der Waals surface area contributed by atoms with Crippen LogP contribution in [0, 0.1) is 5.92 Å². The Kier molecular flexibility index (Phi) is 4.35. The van der Waals surface area contributed by atoms with Crippen LogP contribution in [0.5, 0.6) is 11.5 Å². The normalized spacial score (nSPS) is 21.5. The second-order valence-corrected chi connectivity index (χ2v) is 4.86. The number of amides is 1. The highest BCUT2D eigenvalue weighted by atomic mass is 16.5. The van der Waals surface area contributed by atoms with Gasteiger partial charge in [-0.3, -0.25) is 9.59 Å². The van der Waals surface area contributed by atoms with Gasteiger partial charge in [-0.25, -0.2) is 0 Å². The number of nitrogens with zero attached hydrogens (tertiary/aromatic N) is 1. The molecular weight excluding hydrogens is 274 g/mol. The van der Waals surface area contributed by atoms with Gasteiger partial charge >= 0.3 is 5.97 Å². The first-order chi connectivity index (χ1) is 10.0. The molecule has 1 aliphatic heterocycles. The number of likely N-dealkylation sites (tertiary alicyclic amines) is 1. The van der Waals surface area contributed by atoms with Crippen molar-refractivity contribution in [3.63, 3.8) is 0 Å². The van der Waals surface area contributed by atoms with Gasteiger partial charge in [-0.05, 0) is 13.0 Å². The van der Waals surface area contributed by atoms with Gasteiger partial charge < -0.3 is 19.5 Å². The molecule has 1 N–H and O–H groups in total. The van der Waals surface area contributed by atoms with E-state index in [4.69, 9.17) is 9.47 Å². The minimum atomic E-state index is -0.978. The molecule has 114 valence electrons. The molecule has 1 saturated heterocycles. The lowest BCUT2D eigenvalue weighted by Gasteiger charge is -2.28. The highest BCUT2D eigenvalue weighted by molar-refractivity contribution is 5.87. The van der Waals surface area contributed by atoms with Crippen LogP contribution in [0.1, 0.15) is 24.9 Å². The molecule has 1 heterocycles. The number of carboxylic acid groups (broad SMARTS) is 1. The number of ether oxygens (including phenoxy) is 2. The molecule has 0 spiro atoms. The lowest BCUT2D eigenvalue weighted by molar-refractivity contribution is -0.142. The molecule has 0 bridgehead atoms. The summed E-state index contributed by atoms with van der Waals surface area (Å²) < 4.78 is 10.6. The maximum atomic E-state index is 12.0. The third-order valence-corrected chi connectivity index (χ3v) is 3.84. The molecule has 2 rings (SSSR count). The van der Waals surface area contributed by atoms with Crippen molar-refractivity contribution in [3.05, 3.63) is 23.8 Å². The van der Waals surface area contributed by atoms with Gasteiger partial charge in [-0.15, -0.1) is 0 Å². The number of rotatable bonds is 5. The average Bonchev–Trinajstić information content (AvgIpc) is 2.82. The first kappa shape index (κ1) is 15.2. The van der Waals surface area contributed by atoms with Crippen LogP contribution in [-0.4, -0.2) is 42.6 Å². The van der Waals surface area contributed by atoms with Crippen LogP contribution in [-0.2, 0) is 9.59 Å². The number of carbonyl (C=O) groups excluding carboxylic acids is 1. The van der Waals surface area contributed by atoms with E-state index in [2.05, 4.69) is 0 Å². The van der Waals surface area contributed by atoms with E-state index in [1.807, 2.05) is 6.92 Å². The summed E-state index contributed by atoms with van der Waals surface area (Å²) in [5.74, 6) is -0.911. The number of para-hydroxylation sites is 1. The van der Waals surface area contributed by atoms with E-state index in [1.54, 1.807) is 23.1 Å². The van der Waals surface area contributed by atoms with Crippen molar-refractivity contribution in [1.82, 2.24) is 4.90 Å². The predicted molar refractivity (Wildman–Crippen MR) is 75.4 cm³/mol. The van der Waals surface area contributed by atoms with Gasteiger partial charge in [0.05, 0.1) is 26.2 Å². The van der Waals surface area contributed by atoms with Crippen molar-refractivity contribution in [2.45, 2.75) is 19.4 Å². The number of benzene rings is 1. The highest BCUT2D eigenvalue weighted by Gasteiger charge is 2.45. The predicted octanol–water partition coefficient (Wildman–Crippen LogP) is 1.70. The van der Waals surface area contributed by atoms with Crippen LogP contribution in [0.15, 0.2) is 18.2 Å². The van der Waals surface area contributed by atoms with Crippen molar-refractivity contribution in [2.24, 2.45) is 5.92 Å². The number of methoxy groups -OCH3 is 2. The molecule has 0 aliphatic carbocycles. The number of aliphatic carboxylic acids is 1. The molecule has 0 radical (unpaired) electrons. The van der Waals surface area contributed by atoms with E-state index in [9.17, 15) is 14.7 Å². The molecule has 21 heavy (non-hydrogen) atoms. The molecule has 0 aromatic heterocycles. The van der Waals surface area contributed by atoms with E-state index in [1.165, 1.54) is 14.2 Å². The SMILES string of the molecule is CCN1C(=O)CC(C(=O)O)C1c1cccc(OC)c1OC. The van der Waals surface area contributed by atoms with Gasteiger partial charge in [0.25, 0.3) is 0 Å². The second kappa shape index (κ2) is 6.03. The fraction of sp³-hybridized carbons (Fsp3) is 0.467. The summed E-state index contributed by atoms with van der Waals surface area (Å²) in [4.78, 5) is 25.1. The quantitative estimate of drug-likeness (QED) is 0.894. The number of carboxylic acids is 1. The fourth-order valence-corrected chi connectivity index (χ4v) is 2.91. The van der Waals surface area contributed by atoms with E-state index < -0.39 is 17.9 Å². The van der Waals surface area contributed by atoms with E-state index in [0.717, 1.165) is 0 Å². The summed E-state index contributed by atoms with van der Waals surface area (Å²) in [6.07, 6.45) is 0.00814. The zero-order chi connectivity index (χ0) is 15.6. The minimum absolute atomic E-state index is 0.00814. The zero-order valence-electron chi connectivity index (χ0n) is 12.3. The van der Waals surface area contributed by atoms with Crippen LogP contribution in [0.4, 0.5) is 0 Å². The Labute approximate surface area is 123 Å². The Balaban J connectivity index is 2.55. The van der Waals surface area contributed by atoms with Crippen molar-refractivity contribution >= 4 is 11.9 Å². The van der Waals surface area contributed by atoms with Crippen LogP contribution < -0.4 is 9.47 Å². The standard InChI is InChI=1S/C15H19NO5/c1-4-16-12(17)8-10(15(18)19)13(16)9-6-5-7-11(20-2)14(9)21-3/h5-7,10,13H,4,8H2,1-3H3,(H,18,19). The number of hydrogen-bond acceptors (Lipinski definition) is 4. The van der Waals surface area contributed by atoms with Crippen LogP contribution in [0.3, 0.4) is 0 Å². The van der Waals surface area contributed by atoms with Gasteiger partial charge in [0.2, 0.25) is 5.91 Å². The molecule has 0 saturated carbocycles. The molecule has 2 unspecified atom stereocenters. The topological polar surface area (TPSA) is 76.1 Å². The summed E-state index contributed by atoms with van der Waals surface area (Å²) >= 11 is 0. The lowest BCUT2D eigenvalue weighted by atomic mass is 9.92. The molecule has 2 atom stereocenters. The van der Waals surface area contributed by atoms with Gasteiger partial charge in [-0.2, -0.15) is 0 Å². The zero-order valence-corrected chi connectivity index (χ0v) is 12.3. The molecule has 1 aromatic carbocycles. The Morgan fingerprint density at radius 2 is 2.10 bits per heavy atom. The Hall–Kier alpha value is -2.24. The van der Waals surface area contributed by atoms with Crippen molar-refractivity contribution in [3.8, 4) is 11.5 Å². The summed E-state index contributed by atoms with van der Waals surface area (Å²) in [6, 6.07) is 4.76. The minimum Gasteiger partial charge on any atom is -0.493 e. The molecule has 6 heteroatoms. The van der Waals surface area contributed by atoms with Gasteiger partial charge in [0.1, 0.15) is 0 Å². The van der Waals surface area contributed by atoms with E-state index >= 15 is 0 Å². The smallest absolute Gasteiger partial charge is 0.309 e. The monoisotopic (exact) mass is 293 g/mol. The maximum Gasteiger partial charge on any atom is 0.309 e. The van der Waals surface area contributed by atoms with Crippen molar-refractivity contribution in [2.75, 3.05) is 20.8 Å². The second-order valence-electron chi connectivity index (χ2n) is 4.86. The Morgan fingerprint density at radius 1 is 1.38 bits per heavy atom. The van der Waals surface area contributed by atoms with Crippen molar-refractivity contribution < 1.29 is 24.2 Å². The molecule has 1 fully saturated rings. The summed E-state index contributed by atoms with van der Waals surface area (Å²) in [7, 11) is 3.03. The van der Waals surface area contributed by atoms with E-state index in [-0.39, 0.29) is 12.3 Å².